The van der Waals surface area contributed by atoms with Gasteiger partial charge in [0, 0.05) is 0 Å². The van der Waals surface area contributed by atoms with Crippen LogP contribution in [0.4, 0.5) is 19.0 Å². The highest BCUT2D eigenvalue weighted by Gasteiger charge is 2.32. The number of methoxy groups -OCH3 is 1. The molecule has 0 aliphatic heterocycles. The lowest BCUT2D eigenvalue weighted by Crippen LogP contribution is -2.34. The molecule has 1 aromatic heterocycles. The first-order chi connectivity index (χ1) is 8.38. The van der Waals surface area contributed by atoms with Crippen molar-refractivity contribution in [2.24, 2.45) is 0 Å². The maximum atomic E-state index is 12.4. The van der Waals surface area contributed by atoms with Gasteiger partial charge in [-0.2, -0.15) is 13.2 Å². The number of hydrogen-bond donors (Lipinski definition) is 2. The van der Waals surface area contributed by atoms with Gasteiger partial charge >= 0.3 is 12.1 Å². The quantitative estimate of drug-likeness (QED) is 0.795. The van der Waals surface area contributed by atoms with E-state index in [0.29, 0.717) is 0 Å². The Morgan fingerprint density at radius 1 is 1.56 bits per heavy atom. The van der Waals surface area contributed by atoms with Crippen LogP contribution in [0.2, 0.25) is 0 Å². The SMILES string of the molecule is COC(=O)C(CO)Nc1cccc(C(F)(F)F)n1. The zero-order valence-corrected chi connectivity index (χ0v) is 9.36. The van der Waals surface area contributed by atoms with Gasteiger partial charge in [-0.05, 0) is 12.1 Å². The summed E-state index contributed by atoms with van der Waals surface area (Å²) in [7, 11) is 1.10. The van der Waals surface area contributed by atoms with Crippen LogP contribution in [0.5, 0.6) is 0 Å². The van der Waals surface area contributed by atoms with Crippen molar-refractivity contribution < 1.29 is 27.8 Å². The van der Waals surface area contributed by atoms with Crippen molar-refractivity contribution in [2.75, 3.05) is 19.0 Å². The van der Waals surface area contributed by atoms with Crippen molar-refractivity contribution >= 4 is 11.8 Å². The molecule has 0 radical (unpaired) electrons. The van der Waals surface area contributed by atoms with Gasteiger partial charge in [0.1, 0.15) is 17.6 Å². The first-order valence-corrected chi connectivity index (χ1v) is 4.88. The average Bonchev–Trinajstić information content (AvgIpc) is 2.34. The minimum Gasteiger partial charge on any atom is -0.467 e. The molecule has 0 spiro atoms. The summed E-state index contributed by atoms with van der Waals surface area (Å²) < 4.78 is 41.5. The monoisotopic (exact) mass is 264 g/mol. The second kappa shape index (κ2) is 5.67. The molecule has 1 heterocycles. The standard InChI is InChI=1S/C10H11F3N2O3/c1-18-9(17)6(5-16)14-8-4-2-3-7(15-8)10(11,12)13/h2-4,6,16H,5H2,1H3,(H,14,15). The Bertz CT molecular complexity index is 423. The van der Waals surface area contributed by atoms with E-state index in [1.807, 2.05) is 0 Å². The van der Waals surface area contributed by atoms with Gasteiger partial charge in [-0.3, -0.25) is 0 Å². The Labute approximate surface area is 101 Å². The molecule has 100 valence electrons. The van der Waals surface area contributed by atoms with Crippen LogP contribution >= 0.6 is 0 Å². The number of rotatable bonds is 4. The lowest BCUT2D eigenvalue weighted by molar-refractivity contribution is -0.142. The Hall–Kier alpha value is -1.83. The molecule has 1 atom stereocenters. The van der Waals surface area contributed by atoms with Gasteiger partial charge < -0.3 is 15.2 Å². The van der Waals surface area contributed by atoms with Gasteiger partial charge in [0.25, 0.3) is 0 Å². The molecule has 0 saturated carbocycles. The second-order valence-electron chi connectivity index (χ2n) is 3.31. The number of aliphatic hydroxyl groups excluding tert-OH is 1. The first-order valence-electron chi connectivity index (χ1n) is 4.88. The van der Waals surface area contributed by atoms with Gasteiger partial charge in [0.05, 0.1) is 13.7 Å². The van der Waals surface area contributed by atoms with E-state index < -0.39 is 30.5 Å². The molecule has 8 heteroatoms. The van der Waals surface area contributed by atoms with Gasteiger partial charge in [-0.1, -0.05) is 6.07 Å². The number of alkyl halides is 3. The maximum absolute atomic E-state index is 12.4. The fourth-order valence-electron chi connectivity index (χ4n) is 1.17. The average molecular weight is 264 g/mol. The number of esters is 1. The lowest BCUT2D eigenvalue weighted by atomic mass is 10.3. The number of nitrogens with one attached hydrogen (secondary N) is 1. The van der Waals surface area contributed by atoms with Crippen LogP contribution in [0.1, 0.15) is 5.69 Å². The summed E-state index contributed by atoms with van der Waals surface area (Å²) in [4.78, 5) is 14.4. The molecule has 0 aliphatic rings. The van der Waals surface area contributed by atoms with E-state index in [1.165, 1.54) is 6.07 Å². The van der Waals surface area contributed by atoms with E-state index in [4.69, 9.17) is 5.11 Å². The zero-order chi connectivity index (χ0) is 13.8. The number of pyridine rings is 1. The highest BCUT2D eigenvalue weighted by molar-refractivity contribution is 5.78. The topological polar surface area (TPSA) is 71.5 Å². The van der Waals surface area contributed by atoms with Crippen molar-refractivity contribution in [2.45, 2.75) is 12.2 Å². The predicted molar refractivity (Wildman–Crippen MR) is 55.8 cm³/mol. The maximum Gasteiger partial charge on any atom is 0.433 e. The predicted octanol–water partition coefficient (Wildman–Crippen LogP) is 1.05. The molecular formula is C10H11F3N2O3. The number of carbonyl (C=O) groups is 1. The van der Waals surface area contributed by atoms with E-state index in [9.17, 15) is 18.0 Å². The summed E-state index contributed by atoms with van der Waals surface area (Å²) in [6.45, 7) is -0.620. The van der Waals surface area contributed by atoms with Gasteiger partial charge in [-0.25, -0.2) is 9.78 Å². The first kappa shape index (κ1) is 14.2. The summed E-state index contributed by atoms with van der Waals surface area (Å²) in [5, 5.41) is 11.3. The molecule has 0 fully saturated rings. The normalized spacial score (nSPS) is 12.9. The number of hydrogen-bond acceptors (Lipinski definition) is 5. The minimum atomic E-state index is -4.57. The van der Waals surface area contributed by atoms with Crippen LogP contribution in [0.25, 0.3) is 0 Å². The smallest absolute Gasteiger partial charge is 0.433 e. The number of ether oxygens (including phenoxy) is 1. The molecule has 18 heavy (non-hydrogen) atoms. The molecular weight excluding hydrogens is 253 g/mol. The third-order valence-corrected chi connectivity index (χ3v) is 2.03. The summed E-state index contributed by atoms with van der Waals surface area (Å²) >= 11 is 0. The van der Waals surface area contributed by atoms with Gasteiger partial charge in [-0.15, -0.1) is 0 Å². The van der Waals surface area contributed by atoms with E-state index in [2.05, 4.69) is 15.0 Å². The number of halogens is 3. The van der Waals surface area contributed by atoms with Crippen LogP contribution in [-0.2, 0) is 15.7 Å². The van der Waals surface area contributed by atoms with Crippen molar-refractivity contribution in [1.29, 1.82) is 0 Å². The van der Waals surface area contributed by atoms with Crippen molar-refractivity contribution in [1.82, 2.24) is 4.98 Å². The largest absolute Gasteiger partial charge is 0.467 e. The van der Waals surface area contributed by atoms with Crippen LogP contribution < -0.4 is 5.32 Å². The van der Waals surface area contributed by atoms with E-state index in [-0.39, 0.29) is 5.82 Å². The number of aliphatic hydroxyl groups is 1. The van der Waals surface area contributed by atoms with E-state index >= 15 is 0 Å². The fourth-order valence-corrected chi connectivity index (χ4v) is 1.17. The Morgan fingerprint density at radius 3 is 2.72 bits per heavy atom. The number of carbonyl (C=O) groups excluding carboxylic acids is 1. The third kappa shape index (κ3) is 3.59. The molecule has 1 aromatic rings. The molecule has 1 unspecified atom stereocenters. The third-order valence-electron chi connectivity index (χ3n) is 2.03. The molecule has 5 nitrogen and oxygen atoms in total. The molecule has 0 saturated heterocycles. The minimum absolute atomic E-state index is 0.172. The molecule has 1 rings (SSSR count). The number of aromatic nitrogens is 1. The number of nitrogens with zero attached hydrogens (tertiary/aromatic N) is 1. The highest BCUT2D eigenvalue weighted by atomic mass is 19.4. The van der Waals surface area contributed by atoms with E-state index in [0.717, 1.165) is 19.2 Å². The Morgan fingerprint density at radius 2 is 2.22 bits per heavy atom. The zero-order valence-electron chi connectivity index (χ0n) is 9.36. The van der Waals surface area contributed by atoms with Crippen LogP contribution in [0.15, 0.2) is 18.2 Å². The van der Waals surface area contributed by atoms with Crippen LogP contribution in [0.3, 0.4) is 0 Å². The van der Waals surface area contributed by atoms with E-state index in [1.54, 1.807) is 0 Å². The van der Waals surface area contributed by atoms with Gasteiger partial charge in [0.15, 0.2) is 0 Å². The summed E-state index contributed by atoms with van der Waals surface area (Å²) in [6, 6.07) is 2.04. The van der Waals surface area contributed by atoms with Crippen LogP contribution in [0, 0.1) is 0 Å². The molecule has 0 bridgehead atoms. The Kier molecular flexibility index (Phi) is 4.49. The lowest BCUT2D eigenvalue weighted by Gasteiger charge is -2.15. The molecule has 0 aromatic carbocycles. The Balaban J connectivity index is 2.88. The summed E-state index contributed by atoms with van der Waals surface area (Å²) in [5.74, 6) is -0.967. The second-order valence-corrected chi connectivity index (χ2v) is 3.31. The van der Waals surface area contributed by atoms with Gasteiger partial charge in [0.2, 0.25) is 0 Å². The fraction of sp³-hybridized carbons (Fsp3) is 0.400. The van der Waals surface area contributed by atoms with Crippen LogP contribution in [-0.4, -0.2) is 35.8 Å². The molecule has 0 aliphatic carbocycles. The van der Waals surface area contributed by atoms with Crippen molar-refractivity contribution in [3.05, 3.63) is 23.9 Å². The molecule has 0 amide bonds. The van der Waals surface area contributed by atoms with Crippen molar-refractivity contribution in [3.8, 4) is 0 Å². The molecule has 2 N–H and O–H groups in total. The highest BCUT2D eigenvalue weighted by Crippen LogP contribution is 2.28. The van der Waals surface area contributed by atoms with Crippen molar-refractivity contribution in [3.63, 3.8) is 0 Å². The number of anilines is 1. The summed E-state index contributed by atoms with van der Waals surface area (Å²) in [5.41, 5.74) is -1.09. The summed E-state index contributed by atoms with van der Waals surface area (Å²) in [6.07, 6.45) is -4.57.